The molecule has 0 fully saturated rings. The first-order valence-corrected chi connectivity index (χ1v) is 1.77. The SMILES string of the molecule is O=C(O)/C=C\C(=O)O.S. The average molecular weight is 150 g/mol. The van der Waals surface area contributed by atoms with E-state index in [1.807, 2.05) is 0 Å². The van der Waals surface area contributed by atoms with E-state index in [1.54, 1.807) is 0 Å². The number of carbonyl (C=O) groups is 2. The van der Waals surface area contributed by atoms with E-state index in [0.717, 1.165) is 0 Å². The molecule has 0 aromatic rings. The summed E-state index contributed by atoms with van der Waals surface area (Å²) in [6, 6.07) is 0. The van der Waals surface area contributed by atoms with Crippen molar-refractivity contribution in [2.45, 2.75) is 0 Å². The van der Waals surface area contributed by atoms with Crippen LogP contribution in [0.15, 0.2) is 12.2 Å². The Labute approximate surface area is 58.2 Å². The lowest BCUT2D eigenvalue weighted by atomic mass is 10.5. The van der Waals surface area contributed by atoms with Gasteiger partial charge in [0.1, 0.15) is 0 Å². The summed E-state index contributed by atoms with van der Waals surface area (Å²) in [5.41, 5.74) is 0. The van der Waals surface area contributed by atoms with E-state index in [4.69, 9.17) is 10.2 Å². The second-order valence-electron chi connectivity index (χ2n) is 1.01. The molecular weight excluding hydrogens is 144 g/mol. The minimum atomic E-state index is -1.26. The van der Waals surface area contributed by atoms with Gasteiger partial charge in [0.25, 0.3) is 0 Å². The summed E-state index contributed by atoms with van der Waals surface area (Å²) >= 11 is 0. The third-order valence-corrected chi connectivity index (χ3v) is 0.368. The van der Waals surface area contributed by atoms with Gasteiger partial charge in [0.15, 0.2) is 0 Å². The van der Waals surface area contributed by atoms with Crippen molar-refractivity contribution in [3.05, 3.63) is 12.2 Å². The van der Waals surface area contributed by atoms with Gasteiger partial charge >= 0.3 is 11.9 Å². The molecule has 0 spiro atoms. The van der Waals surface area contributed by atoms with Crippen LogP contribution in [0.5, 0.6) is 0 Å². The van der Waals surface area contributed by atoms with Crippen LogP contribution >= 0.6 is 13.5 Å². The molecule has 9 heavy (non-hydrogen) atoms. The molecule has 0 aliphatic heterocycles. The Hall–Kier alpha value is -0.970. The third kappa shape index (κ3) is 11.0. The first kappa shape index (κ1) is 10.9. The fourth-order valence-electron chi connectivity index (χ4n) is 0.143. The Balaban J connectivity index is 0. The summed E-state index contributed by atoms with van der Waals surface area (Å²) in [6.07, 6.45) is 1.12. The Morgan fingerprint density at radius 1 is 1.00 bits per heavy atom. The van der Waals surface area contributed by atoms with Crippen LogP contribution in [0.3, 0.4) is 0 Å². The van der Waals surface area contributed by atoms with Gasteiger partial charge in [-0.2, -0.15) is 13.5 Å². The third-order valence-electron chi connectivity index (χ3n) is 0.368. The highest BCUT2D eigenvalue weighted by molar-refractivity contribution is 7.59. The van der Waals surface area contributed by atoms with Crippen LogP contribution in [0.25, 0.3) is 0 Å². The van der Waals surface area contributed by atoms with E-state index in [-0.39, 0.29) is 13.5 Å². The van der Waals surface area contributed by atoms with E-state index in [9.17, 15) is 9.59 Å². The van der Waals surface area contributed by atoms with Crippen molar-refractivity contribution in [3.8, 4) is 0 Å². The van der Waals surface area contributed by atoms with Gasteiger partial charge in [-0.05, 0) is 0 Å². The first-order chi connectivity index (χ1) is 3.63. The first-order valence-electron chi connectivity index (χ1n) is 1.77. The zero-order chi connectivity index (χ0) is 6.57. The monoisotopic (exact) mass is 150 g/mol. The van der Waals surface area contributed by atoms with Crippen LogP contribution in [0.4, 0.5) is 0 Å². The maximum atomic E-state index is 9.55. The summed E-state index contributed by atoms with van der Waals surface area (Å²) in [5.74, 6) is -2.51. The topological polar surface area (TPSA) is 74.6 Å². The van der Waals surface area contributed by atoms with E-state index in [1.165, 1.54) is 0 Å². The number of rotatable bonds is 2. The highest BCUT2D eigenvalue weighted by atomic mass is 32.1. The summed E-state index contributed by atoms with van der Waals surface area (Å²) in [6.45, 7) is 0. The molecule has 0 amide bonds. The normalized spacial score (nSPS) is 8.44. The van der Waals surface area contributed by atoms with Crippen LogP contribution in [0.1, 0.15) is 0 Å². The van der Waals surface area contributed by atoms with Gasteiger partial charge in [-0.3, -0.25) is 0 Å². The Morgan fingerprint density at radius 2 is 1.22 bits per heavy atom. The molecule has 0 aliphatic carbocycles. The van der Waals surface area contributed by atoms with E-state index in [0.29, 0.717) is 12.2 Å². The molecule has 0 unspecified atom stereocenters. The highest BCUT2D eigenvalue weighted by Crippen LogP contribution is 1.70. The van der Waals surface area contributed by atoms with Gasteiger partial charge in [0.05, 0.1) is 0 Å². The molecule has 0 radical (unpaired) electrons. The second-order valence-corrected chi connectivity index (χ2v) is 1.01. The van der Waals surface area contributed by atoms with Gasteiger partial charge in [-0.25, -0.2) is 9.59 Å². The lowest BCUT2D eigenvalue weighted by Gasteiger charge is -1.74. The summed E-state index contributed by atoms with van der Waals surface area (Å²) in [4.78, 5) is 19.1. The van der Waals surface area contributed by atoms with Crippen LogP contribution < -0.4 is 0 Å². The fraction of sp³-hybridized carbons (Fsp3) is 0. The lowest BCUT2D eigenvalue weighted by molar-refractivity contribution is -0.134. The summed E-state index contributed by atoms with van der Waals surface area (Å²) in [7, 11) is 0. The summed E-state index contributed by atoms with van der Waals surface area (Å²) in [5, 5.41) is 15.6. The molecule has 0 aromatic carbocycles. The lowest BCUT2D eigenvalue weighted by Crippen LogP contribution is -1.91. The number of carboxylic acid groups (broad SMARTS) is 2. The van der Waals surface area contributed by atoms with Gasteiger partial charge in [-0.15, -0.1) is 0 Å². The van der Waals surface area contributed by atoms with Crippen molar-refractivity contribution in [2.24, 2.45) is 0 Å². The predicted molar refractivity (Wildman–Crippen MR) is 34.8 cm³/mol. The van der Waals surface area contributed by atoms with E-state index in [2.05, 4.69) is 0 Å². The molecule has 0 rings (SSSR count). The van der Waals surface area contributed by atoms with Gasteiger partial charge in [0, 0.05) is 12.2 Å². The molecule has 52 valence electrons. The molecule has 0 aliphatic rings. The second kappa shape index (κ2) is 5.17. The minimum absolute atomic E-state index is 0. The standard InChI is InChI=1S/C4H4O4.H2S/c5-3(6)1-2-4(7)8;/h1-2H,(H,5,6)(H,7,8);1H2/b2-1-;. The van der Waals surface area contributed by atoms with Gasteiger partial charge < -0.3 is 10.2 Å². The number of aliphatic carboxylic acids is 2. The highest BCUT2D eigenvalue weighted by Gasteiger charge is 1.88. The number of hydrogen-bond acceptors (Lipinski definition) is 2. The molecule has 4 nitrogen and oxygen atoms in total. The Bertz CT molecular complexity index is 124. The van der Waals surface area contributed by atoms with E-state index >= 15 is 0 Å². The number of hydrogen-bond donors (Lipinski definition) is 2. The molecule has 0 heterocycles. The van der Waals surface area contributed by atoms with Gasteiger partial charge in [0.2, 0.25) is 0 Å². The molecular formula is C4H6O4S. The predicted octanol–water partition coefficient (Wildman–Crippen LogP) is -0.175. The maximum absolute atomic E-state index is 9.55. The molecule has 5 heteroatoms. The van der Waals surface area contributed by atoms with Crippen LogP contribution in [0, 0.1) is 0 Å². The number of carboxylic acids is 2. The molecule has 0 bridgehead atoms. The fourth-order valence-corrected chi connectivity index (χ4v) is 0.143. The largest absolute Gasteiger partial charge is 0.478 e. The average Bonchev–Trinajstić information content (AvgIpc) is 1.61. The van der Waals surface area contributed by atoms with Crippen LogP contribution in [0.2, 0.25) is 0 Å². The van der Waals surface area contributed by atoms with Crippen molar-refractivity contribution in [1.82, 2.24) is 0 Å². The molecule has 0 saturated heterocycles. The van der Waals surface area contributed by atoms with Crippen molar-refractivity contribution in [2.75, 3.05) is 0 Å². The maximum Gasteiger partial charge on any atom is 0.328 e. The Kier molecular flexibility index (Phi) is 6.27. The van der Waals surface area contributed by atoms with E-state index < -0.39 is 11.9 Å². The van der Waals surface area contributed by atoms with Crippen molar-refractivity contribution >= 4 is 25.4 Å². The summed E-state index contributed by atoms with van der Waals surface area (Å²) < 4.78 is 0. The molecule has 0 aromatic heterocycles. The Morgan fingerprint density at radius 3 is 1.33 bits per heavy atom. The molecule has 0 atom stereocenters. The van der Waals surface area contributed by atoms with Crippen molar-refractivity contribution < 1.29 is 19.8 Å². The van der Waals surface area contributed by atoms with Crippen molar-refractivity contribution in [1.29, 1.82) is 0 Å². The molecule has 0 saturated carbocycles. The van der Waals surface area contributed by atoms with Crippen molar-refractivity contribution in [3.63, 3.8) is 0 Å². The smallest absolute Gasteiger partial charge is 0.328 e. The van der Waals surface area contributed by atoms with Gasteiger partial charge in [-0.1, -0.05) is 0 Å². The zero-order valence-corrected chi connectivity index (χ0v) is 5.37. The zero-order valence-electron chi connectivity index (χ0n) is 4.37. The minimum Gasteiger partial charge on any atom is -0.478 e. The molecule has 2 N–H and O–H groups in total. The van der Waals surface area contributed by atoms with Crippen LogP contribution in [-0.2, 0) is 9.59 Å². The quantitative estimate of drug-likeness (QED) is 0.536. The van der Waals surface area contributed by atoms with Crippen LogP contribution in [-0.4, -0.2) is 22.2 Å².